The maximum atomic E-state index is 14.7. The molecule has 0 radical (unpaired) electrons. The molecule has 2 heterocycles. The second-order valence-electron chi connectivity index (χ2n) is 14.0. The lowest BCUT2D eigenvalue weighted by molar-refractivity contribution is 0.0544. The van der Waals surface area contributed by atoms with E-state index in [2.05, 4.69) is 36.6 Å². The van der Waals surface area contributed by atoms with Crippen molar-refractivity contribution in [3.8, 4) is 5.69 Å². The van der Waals surface area contributed by atoms with Gasteiger partial charge in [0.15, 0.2) is 5.69 Å². The van der Waals surface area contributed by atoms with Gasteiger partial charge in [-0.25, -0.2) is 9.48 Å². The third-order valence-electron chi connectivity index (χ3n) is 9.93. The van der Waals surface area contributed by atoms with Gasteiger partial charge in [0.2, 0.25) is 0 Å². The summed E-state index contributed by atoms with van der Waals surface area (Å²) in [4.78, 5) is 45.3. The molecule has 0 fully saturated rings. The van der Waals surface area contributed by atoms with Crippen LogP contribution in [-0.4, -0.2) is 68.3 Å². The highest BCUT2D eigenvalue weighted by atomic mass is 16.3. The van der Waals surface area contributed by atoms with Crippen LogP contribution in [0.25, 0.3) is 5.69 Å². The van der Waals surface area contributed by atoms with Crippen molar-refractivity contribution < 1.29 is 19.5 Å². The summed E-state index contributed by atoms with van der Waals surface area (Å²) in [6, 6.07) is 31.8. The first kappa shape index (κ1) is 38.0. The number of nitrogens with one attached hydrogen (secondary N) is 2. The molecule has 3 N–H and O–H groups in total. The highest BCUT2D eigenvalue weighted by Gasteiger charge is 2.32. The van der Waals surface area contributed by atoms with Gasteiger partial charge in [0.1, 0.15) is 0 Å². The number of anilines is 2. The number of nitrogens with zero attached hydrogens (tertiary/aromatic N) is 4. The van der Waals surface area contributed by atoms with Gasteiger partial charge in [-0.1, -0.05) is 93.4 Å². The topological polar surface area (TPSA) is 120 Å². The fraction of sp³-hybridized carbons (Fsp3) is 0.318. The average molecular weight is 727 g/mol. The van der Waals surface area contributed by atoms with Crippen LogP contribution >= 0.6 is 0 Å². The third-order valence-corrected chi connectivity index (χ3v) is 9.93. The molecule has 1 aliphatic heterocycles. The monoisotopic (exact) mass is 726 g/mol. The zero-order valence-corrected chi connectivity index (χ0v) is 31.4. The van der Waals surface area contributed by atoms with Crippen LogP contribution in [0.4, 0.5) is 16.2 Å². The minimum Gasteiger partial charge on any atom is -0.394 e. The molecule has 4 amide bonds. The zero-order valence-electron chi connectivity index (χ0n) is 31.4. The SMILES string of the molecule is CCCCN(CCCC)C(=O)c1cc(C)n(-c2ccc(NC(=O)Nc3cccc(Cc4ccccc4)c3)cc2C(=O)N2Cc3ccccc3C[C@H]2CO)n1. The molecule has 5 aromatic rings. The molecule has 4 aromatic carbocycles. The number of hydrogen-bond acceptors (Lipinski definition) is 5. The summed E-state index contributed by atoms with van der Waals surface area (Å²) < 4.78 is 1.63. The molecule has 0 bridgehead atoms. The summed E-state index contributed by atoms with van der Waals surface area (Å²) in [5.41, 5.74) is 7.16. The minimum atomic E-state index is -0.458. The Labute approximate surface area is 317 Å². The number of carbonyl (C=O) groups is 3. The van der Waals surface area contributed by atoms with Crippen molar-refractivity contribution in [3.05, 3.63) is 142 Å². The molecule has 0 aliphatic carbocycles. The Kier molecular flexibility index (Phi) is 12.6. The van der Waals surface area contributed by atoms with E-state index in [-0.39, 0.29) is 24.0 Å². The van der Waals surface area contributed by atoms with Crippen LogP contribution in [0.1, 0.15) is 88.3 Å². The molecular formula is C44H50N6O4. The molecule has 6 rings (SSSR count). The number of unbranched alkanes of at least 4 members (excludes halogenated alkanes) is 2. The van der Waals surface area contributed by atoms with Crippen LogP contribution in [0, 0.1) is 6.92 Å². The number of amides is 4. The molecule has 0 unspecified atom stereocenters. The second-order valence-corrected chi connectivity index (χ2v) is 14.0. The van der Waals surface area contributed by atoms with E-state index >= 15 is 0 Å². The third kappa shape index (κ3) is 9.06. The van der Waals surface area contributed by atoms with Gasteiger partial charge in [-0.05, 0) is 91.3 Å². The van der Waals surface area contributed by atoms with Crippen LogP contribution in [0.2, 0.25) is 0 Å². The van der Waals surface area contributed by atoms with Crippen molar-refractivity contribution in [3.63, 3.8) is 0 Å². The van der Waals surface area contributed by atoms with Gasteiger partial charge in [-0.15, -0.1) is 0 Å². The summed E-state index contributed by atoms with van der Waals surface area (Å²) >= 11 is 0. The predicted octanol–water partition coefficient (Wildman–Crippen LogP) is 8.02. The van der Waals surface area contributed by atoms with Crippen molar-refractivity contribution in [2.75, 3.05) is 30.3 Å². The molecule has 1 atom stereocenters. The van der Waals surface area contributed by atoms with E-state index in [1.165, 1.54) is 5.56 Å². The summed E-state index contributed by atoms with van der Waals surface area (Å²) in [6.07, 6.45) is 5.01. The van der Waals surface area contributed by atoms with Crippen LogP contribution in [-0.2, 0) is 19.4 Å². The van der Waals surface area contributed by atoms with Crippen LogP contribution in [0.3, 0.4) is 0 Å². The minimum absolute atomic E-state index is 0.137. The van der Waals surface area contributed by atoms with Crippen LogP contribution < -0.4 is 10.6 Å². The number of aromatic nitrogens is 2. The maximum absolute atomic E-state index is 14.7. The predicted molar refractivity (Wildman–Crippen MR) is 213 cm³/mol. The molecule has 10 heteroatoms. The first-order valence-electron chi connectivity index (χ1n) is 19.0. The van der Waals surface area contributed by atoms with Crippen molar-refractivity contribution in [2.45, 2.75) is 71.9 Å². The fourth-order valence-corrected chi connectivity index (χ4v) is 6.99. The van der Waals surface area contributed by atoms with E-state index < -0.39 is 12.1 Å². The number of aryl methyl sites for hydroxylation is 1. The molecule has 10 nitrogen and oxygen atoms in total. The first-order chi connectivity index (χ1) is 26.3. The highest BCUT2D eigenvalue weighted by Crippen LogP contribution is 2.29. The number of carbonyl (C=O) groups excluding carboxylic acids is 3. The van der Waals surface area contributed by atoms with Gasteiger partial charge >= 0.3 is 6.03 Å². The van der Waals surface area contributed by atoms with Gasteiger partial charge < -0.3 is 25.5 Å². The first-order valence-corrected chi connectivity index (χ1v) is 19.0. The van der Waals surface area contributed by atoms with Crippen molar-refractivity contribution in [1.29, 1.82) is 0 Å². The molecule has 54 heavy (non-hydrogen) atoms. The molecule has 0 saturated heterocycles. The number of aliphatic hydroxyl groups excluding tert-OH is 1. The Hall–Kier alpha value is -5.74. The number of benzene rings is 4. The lowest BCUT2D eigenvalue weighted by atomic mass is 9.93. The Morgan fingerprint density at radius 3 is 2.17 bits per heavy atom. The summed E-state index contributed by atoms with van der Waals surface area (Å²) in [5.74, 6) is -0.450. The Morgan fingerprint density at radius 1 is 0.796 bits per heavy atom. The number of urea groups is 1. The molecule has 1 aliphatic rings. The normalized spacial score (nSPS) is 13.6. The summed E-state index contributed by atoms with van der Waals surface area (Å²) in [5, 5.41) is 21.1. The lowest BCUT2D eigenvalue weighted by Crippen LogP contribution is -2.46. The van der Waals surface area contributed by atoms with Gasteiger partial charge in [0, 0.05) is 36.7 Å². The molecular weight excluding hydrogens is 677 g/mol. The van der Waals surface area contributed by atoms with Gasteiger partial charge in [-0.2, -0.15) is 5.10 Å². The van der Waals surface area contributed by atoms with Crippen molar-refractivity contribution >= 4 is 29.2 Å². The molecule has 1 aromatic heterocycles. The van der Waals surface area contributed by atoms with E-state index in [0.29, 0.717) is 54.5 Å². The fourth-order valence-electron chi connectivity index (χ4n) is 6.99. The van der Waals surface area contributed by atoms with E-state index in [4.69, 9.17) is 5.10 Å². The van der Waals surface area contributed by atoms with Crippen molar-refractivity contribution in [1.82, 2.24) is 19.6 Å². The largest absolute Gasteiger partial charge is 0.394 e. The summed E-state index contributed by atoms with van der Waals surface area (Å²) in [7, 11) is 0. The highest BCUT2D eigenvalue weighted by molar-refractivity contribution is 6.03. The van der Waals surface area contributed by atoms with Crippen LogP contribution in [0.5, 0.6) is 0 Å². The van der Waals surface area contributed by atoms with Gasteiger partial charge in [0.25, 0.3) is 11.8 Å². The van der Waals surface area contributed by atoms with E-state index in [1.54, 1.807) is 33.8 Å². The maximum Gasteiger partial charge on any atom is 0.323 e. The smallest absolute Gasteiger partial charge is 0.323 e. The lowest BCUT2D eigenvalue weighted by Gasteiger charge is -2.36. The second kappa shape index (κ2) is 17.9. The standard InChI is InChI=1S/C44H50N6O4/c1-4-6-22-48(23-7-5-2)43(53)40-24-31(3)50(47-40)41-21-20-37(28-39(41)42(52)49-29-35-18-12-11-17-34(35)27-38(49)30-51)46-44(54)45-36-19-13-16-33(26-36)25-32-14-9-8-10-15-32/h8-21,24,26,28,38,51H,4-7,22-23,25,27,29-30H2,1-3H3,(H2,45,46,54)/t38-/m0/s1. The Bertz CT molecular complexity index is 2070. The molecule has 0 saturated carbocycles. The Balaban J connectivity index is 1.30. The number of aliphatic hydroxyl groups is 1. The average Bonchev–Trinajstić information content (AvgIpc) is 3.58. The van der Waals surface area contributed by atoms with E-state index in [9.17, 15) is 19.5 Å². The molecule has 0 spiro atoms. The van der Waals surface area contributed by atoms with Gasteiger partial charge in [-0.3, -0.25) is 9.59 Å². The number of rotatable bonds is 14. The molecule has 280 valence electrons. The zero-order chi connectivity index (χ0) is 38.0. The van der Waals surface area contributed by atoms with E-state index in [1.807, 2.05) is 78.6 Å². The number of fused-ring (bicyclic) bond motifs is 1. The van der Waals surface area contributed by atoms with Crippen molar-refractivity contribution in [2.24, 2.45) is 0 Å². The quantitative estimate of drug-likeness (QED) is 0.107. The number of hydrogen-bond donors (Lipinski definition) is 3. The Morgan fingerprint density at radius 2 is 1.46 bits per heavy atom. The van der Waals surface area contributed by atoms with E-state index in [0.717, 1.165) is 48.8 Å². The van der Waals surface area contributed by atoms with Crippen LogP contribution in [0.15, 0.2) is 103 Å². The van der Waals surface area contributed by atoms with Gasteiger partial charge in [0.05, 0.1) is 23.9 Å². The summed E-state index contributed by atoms with van der Waals surface area (Å²) in [6.45, 7) is 7.50.